The van der Waals surface area contributed by atoms with Gasteiger partial charge in [-0.1, -0.05) is 61.4 Å². The van der Waals surface area contributed by atoms with Gasteiger partial charge in [0.25, 0.3) is 0 Å². The number of rotatable bonds is 6. The average molecular weight is 475 g/mol. The number of alkyl carbamates (subject to hydrolysis) is 1. The zero-order valence-electron chi connectivity index (χ0n) is 19.6. The molecule has 7 heteroatoms. The number of nitrogens with one attached hydrogen (secondary N) is 2. The molecule has 0 bridgehead atoms. The quantitative estimate of drug-likeness (QED) is 0.582. The molecule has 3 saturated carbocycles. The third-order valence-electron chi connectivity index (χ3n) is 8.75. The van der Waals surface area contributed by atoms with Crippen LogP contribution in [0.1, 0.15) is 62.0 Å². The molecule has 2 aromatic rings. The highest BCUT2D eigenvalue weighted by molar-refractivity contribution is 5.91. The topological polar surface area (TPSA) is 105 Å². The predicted octanol–water partition coefficient (Wildman–Crippen LogP) is 4.21. The van der Waals surface area contributed by atoms with E-state index >= 15 is 0 Å². The molecule has 35 heavy (non-hydrogen) atoms. The minimum absolute atomic E-state index is 0.0427. The Balaban J connectivity index is 1.11. The second kappa shape index (κ2) is 8.11. The maximum absolute atomic E-state index is 13.3. The normalized spacial score (nSPS) is 27.4. The Bertz CT molecular complexity index is 1160. The minimum atomic E-state index is -0.994. The minimum Gasteiger partial charge on any atom is -0.481 e. The van der Waals surface area contributed by atoms with Gasteiger partial charge in [0, 0.05) is 12.0 Å². The molecule has 182 valence electrons. The van der Waals surface area contributed by atoms with E-state index in [9.17, 15) is 19.5 Å². The van der Waals surface area contributed by atoms with Crippen molar-refractivity contribution in [2.45, 2.75) is 62.4 Å². The van der Waals surface area contributed by atoms with Gasteiger partial charge in [0.2, 0.25) is 5.91 Å². The van der Waals surface area contributed by atoms with Crippen LogP contribution in [0.3, 0.4) is 0 Å². The lowest BCUT2D eigenvalue weighted by atomic mass is 9.95. The van der Waals surface area contributed by atoms with E-state index in [4.69, 9.17) is 4.74 Å². The molecule has 7 nitrogen and oxygen atoms in total. The number of benzene rings is 2. The molecular weight excluding hydrogens is 444 g/mol. The maximum atomic E-state index is 13.3. The second-order valence-corrected chi connectivity index (χ2v) is 10.7. The van der Waals surface area contributed by atoms with Crippen LogP contribution in [0, 0.1) is 11.3 Å². The van der Waals surface area contributed by atoms with E-state index < -0.39 is 23.0 Å². The highest BCUT2D eigenvalue weighted by Gasteiger charge is 2.65. The van der Waals surface area contributed by atoms with Crippen LogP contribution in [-0.4, -0.2) is 41.3 Å². The molecule has 0 heterocycles. The van der Waals surface area contributed by atoms with Crippen LogP contribution in [0.2, 0.25) is 0 Å². The number of fused-ring (bicyclic) bond motifs is 4. The number of hydrogen-bond acceptors (Lipinski definition) is 4. The molecule has 0 saturated heterocycles. The molecule has 4 aliphatic rings. The summed E-state index contributed by atoms with van der Waals surface area (Å²) < 4.78 is 5.71. The van der Waals surface area contributed by atoms with Gasteiger partial charge in [-0.3, -0.25) is 9.59 Å². The highest BCUT2D eigenvalue weighted by atomic mass is 16.5. The molecule has 0 aromatic heterocycles. The van der Waals surface area contributed by atoms with Gasteiger partial charge in [-0.2, -0.15) is 0 Å². The number of carbonyl (C=O) groups is 3. The van der Waals surface area contributed by atoms with E-state index in [-0.39, 0.29) is 30.4 Å². The summed E-state index contributed by atoms with van der Waals surface area (Å²) in [6, 6.07) is 16.2. The summed E-state index contributed by atoms with van der Waals surface area (Å²) in [4.78, 5) is 37.9. The van der Waals surface area contributed by atoms with Gasteiger partial charge in [0.05, 0.1) is 5.41 Å². The number of carboxylic acid groups (broad SMARTS) is 1. The fourth-order valence-electron chi connectivity index (χ4n) is 6.81. The van der Waals surface area contributed by atoms with Crippen molar-refractivity contribution in [1.29, 1.82) is 0 Å². The Labute approximate surface area is 204 Å². The van der Waals surface area contributed by atoms with Gasteiger partial charge in [-0.15, -0.1) is 0 Å². The van der Waals surface area contributed by atoms with Crippen molar-refractivity contribution in [2.24, 2.45) is 11.3 Å². The largest absolute Gasteiger partial charge is 0.481 e. The number of amides is 2. The molecule has 2 amide bonds. The first-order valence-corrected chi connectivity index (χ1v) is 12.6. The van der Waals surface area contributed by atoms with Crippen molar-refractivity contribution < 1.29 is 24.2 Å². The van der Waals surface area contributed by atoms with Crippen LogP contribution in [0.15, 0.2) is 48.5 Å². The Morgan fingerprint density at radius 2 is 1.57 bits per heavy atom. The maximum Gasteiger partial charge on any atom is 0.408 e. The van der Waals surface area contributed by atoms with E-state index in [0.29, 0.717) is 32.1 Å². The van der Waals surface area contributed by atoms with Crippen LogP contribution in [0.5, 0.6) is 0 Å². The SMILES string of the molecule is O=C(NC1(C(=O)N[C@H]2C[C@@H]3C[C@]3(C(=O)O)C2)CCCC1)OCC1c2ccccc2-c2ccccc21. The number of ether oxygens (including phenoxy) is 1. The van der Waals surface area contributed by atoms with Gasteiger partial charge in [0.1, 0.15) is 12.1 Å². The molecule has 0 radical (unpaired) electrons. The molecule has 3 fully saturated rings. The summed E-state index contributed by atoms with van der Waals surface area (Å²) in [5, 5.41) is 15.5. The molecule has 6 rings (SSSR count). The molecule has 3 atom stereocenters. The van der Waals surface area contributed by atoms with Crippen molar-refractivity contribution in [2.75, 3.05) is 6.61 Å². The van der Waals surface area contributed by atoms with Crippen molar-refractivity contribution in [3.8, 4) is 11.1 Å². The van der Waals surface area contributed by atoms with Crippen LogP contribution in [-0.2, 0) is 14.3 Å². The Morgan fingerprint density at radius 3 is 2.17 bits per heavy atom. The van der Waals surface area contributed by atoms with E-state index in [1.165, 1.54) is 0 Å². The van der Waals surface area contributed by atoms with Gasteiger partial charge in [-0.25, -0.2) is 4.79 Å². The van der Waals surface area contributed by atoms with Gasteiger partial charge >= 0.3 is 12.1 Å². The van der Waals surface area contributed by atoms with Crippen molar-refractivity contribution in [3.63, 3.8) is 0 Å². The van der Waals surface area contributed by atoms with Crippen LogP contribution < -0.4 is 10.6 Å². The lowest BCUT2D eigenvalue weighted by Crippen LogP contribution is -2.59. The number of aliphatic carboxylic acids is 1. The lowest BCUT2D eigenvalue weighted by Gasteiger charge is -2.30. The Kier molecular flexibility index (Phi) is 5.13. The lowest BCUT2D eigenvalue weighted by molar-refractivity contribution is -0.144. The third kappa shape index (κ3) is 3.60. The van der Waals surface area contributed by atoms with E-state index in [1.807, 2.05) is 24.3 Å². The average Bonchev–Trinajstić information content (AvgIpc) is 3.18. The molecule has 0 spiro atoms. The number of carboxylic acids is 1. The third-order valence-corrected chi connectivity index (χ3v) is 8.75. The summed E-state index contributed by atoms with van der Waals surface area (Å²) in [6.45, 7) is 0.197. The predicted molar refractivity (Wildman–Crippen MR) is 129 cm³/mol. The molecule has 0 aliphatic heterocycles. The van der Waals surface area contributed by atoms with Crippen LogP contribution >= 0.6 is 0 Å². The Hall–Kier alpha value is -3.35. The molecular formula is C28H30N2O5. The summed E-state index contributed by atoms with van der Waals surface area (Å²) in [5.41, 5.74) is 2.96. The smallest absolute Gasteiger partial charge is 0.408 e. The molecule has 0 unspecified atom stereocenters. The fourth-order valence-corrected chi connectivity index (χ4v) is 6.81. The molecule has 4 aliphatic carbocycles. The van der Waals surface area contributed by atoms with Crippen LogP contribution in [0.4, 0.5) is 4.79 Å². The zero-order chi connectivity index (χ0) is 24.2. The summed E-state index contributed by atoms with van der Waals surface area (Å²) in [6.07, 6.45) is 4.11. The van der Waals surface area contributed by atoms with Gasteiger partial charge in [0.15, 0.2) is 0 Å². The van der Waals surface area contributed by atoms with E-state index in [0.717, 1.165) is 35.1 Å². The van der Waals surface area contributed by atoms with Crippen LogP contribution in [0.25, 0.3) is 11.1 Å². The highest BCUT2D eigenvalue weighted by Crippen LogP contribution is 2.63. The van der Waals surface area contributed by atoms with E-state index in [1.54, 1.807) is 0 Å². The van der Waals surface area contributed by atoms with Crippen molar-refractivity contribution in [1.82, 2.24) is 10.6 Å². The fraction of sp³-hybridized carbons (Fsp3) is 0.464. The number of carbonyl (C=O) groups excluding carboxylic acids is 2. The van der Waals surface area contributed by atoms with Gasteiger partial charge < -0.3 is 20.5 Å². The Morgan fingerprint density at radius 1 is 0.943 bits per heavy atom. The summed E-state index contributed by atoms with van der Waals surface area (Å²) in [7, 11) is 0. The van der Waals surface area contributed by atoms with Crippen molar-refractivity contribution in [3.05, 3.63) is 59.7 Å². The van der Waals surface area contributed by atoms with Crippen molar-refractivity contribution >= 4 is 18.0 Å². The summed E-state index contributed by atoms with van der Waals surface area (Å²) >= 11 is 0. The summed E-state index contributed by atoms with van der Waals surface area (Å²) in [5.74, 6) is -0.860. The molecule has 2 aromatic carbocycles. The monoisotopic (exact) mass is 474 g/mol. The second-order valence-electron chi connectivity index (χ2n) is 10.7. The van der Waals surface area contributed by atoms with Gasteiger partial charge in [-0.05, 0) is 60.3 Å². The molecule has 3 N–H and O–H groups in total. The number of hydrogen-bond donors (Lipinski definition) is 3. The standard InChI is InChI=1S/C28H30N2O5/c31-24(29-18-13-17-14-27(17,15-18)25(32)33)28(11-5-6-12-28)30-26(34)35-16-23-21-9-3-1-7-19(21)20-8-2-4-10-22(20)23/h1-4,7-10,17-18,23H,5-6,11-16H2,(H,29,31)(H,30,34)(H,32,33)/t17-,18+,27+/m1/s1. The first kappa shape index (κ1) is 22.1. The first-order chi connectivity index (χ1) is 16.9. The zero-order valence-corrected chi connectivity index (χ0v) is 19.6. The van der Waals surface area contributed by atoms with E-state index in [2.05, 4.69) is 34.9 Å². The first-order valence-electron chi connectivity index (χ1n) is 12.6.